The van der Waals surface area contributed by atoms with Crippen LogP contribution in [-0.2, 0) is 9.53 Å². The second-order valence-electron chi connectivity index (χ2n) is 3.10. The van der Waals surface area contributed by atoms with Crippen molar-refractivity contribution in [3.63, 3.8) is 0 Å². The number of rotatable bonds is 4. The van der Waals surface area contributed by atoms with Crippen molar-refractivity contribution in [3.8, 4) is 0 Å². The number of hydrogen-bond donors (Lipinski definition) is 1. The fraction of sp³-hybridized carbons (Fsp3) is 0.600. The van der Waals surface area contributed by atoms with E-state index >= 15 is 0 Å². The van der Waals surface area contributed by atoms with Crippen molar-refractivity contribution in [3.05, 3.63) is 11.4 Å². The second-order valence-corrected chi connectivity index (χ2v) is 3.10. The Kier molecular flexibility index (Phi) is 5.60. The Labute approximate surface area is 84.8 Å². The minimum atomic E-state index is -0.435. The SMILES string of the molecule is CCC/C(C)=N/C(N)=C(\C)C(=O)OC. The highest BCUT2D eigenvalue weighted by molar-refractivity contribution is 5.89. The van der Waals surface area contributed by atoms with E-state index < -0.39 is 5.97 Å². The van der Waals surface area contributed by atoms with Crippen molar-refractivity contribution >= 4 is 11.7 Å². The van der Waals surface area contributed by atoms with Gasteiger partial charge in [-0.25, -0.2) is 9.79 Å². The Morgan fingerprint density at radius 1 is 1.43 bits per heavy atom. The molecule has 4 nitrogen and oxygen atoms in total. The molecule has 0 amide bonds. The Morgan fingerprint density at radius 3 is 2.43 bits per heavy atom. The highest BCUT2D eigenvalue weighted by Crippen LogP contribution is 2.03. The van der Waals surface area contributed by atoms with E-state index in [0.717, 1.165) is 18.6 Å². The maximum Gasteiger partial charge on any atom is 0.337 e. The first-order valence-electron chi connectivity index (χ1n) is 4.61. The smallest absolute Gasteiger partial charge is 0.337 e. The normalized spacial score (nSPS) is 13.6. The maximum atomic E-state index is 11.1. The van der Waals surface area contributed by atoms with Gasteiger partial charge < -0.3 is 10.5 Å². The fourth-order valence-corrected chi connectivity index (χ4v) is 0.965. The quantitative estimate of drug-likeness (QED) is 0.424. The molecule has 4 heteroatoms. The summed E-state index contributed by atoms with van der Waals surface area (Å²) in [5, 5.41) is 0. The van der Waals surface area contributed by atoms with Crippen LogP contribution in [0.3, 0.4) is 0 Å². The Balaban J connectivity index is 4.66. The first kappa shape index (κ1) is 12.7. The van der Waals surface area contributed by atoms with E-state index in [4.69, 9.17) is 5.73 Å². The predicted molar refractivity (Wildman–Crippen MR) is 56.9 cm³/mol. The van der Waals surface area contributed by atoms with Gasteiger partial charge in [-0.05, 0) is 20.3 Å². The fourth-order valence-electron chi connectivity index (χ4n) is 0.965. The molecule has 0 aromatic rings. The molecule has 0 aliphatic heterocycles. The lowest BCUT2D eigenvalue weighted by Gasteiger charge is -2.02. The van der Waals surface area contributed by atoms with Crippen LogP contribution in [0.2, 0.25) is 0 Å². The summed E-state index contributed by atoms with van der Waals surface area (Å²) in [6.45, 7) is 5.55. The van der Waals surface area contributed by atoms with Gasteiger partial charge in [0.25, 0.3) is 0 Å². The molecule has 0 aromatic carbocycles. The van der Waals surface area contributed by atoms with Gasteiger partial charge in [-0.1, -0.05) is 13.3 Å². The first-order valence-corrected chi connectivity index (χ1v) is 4.61. The number of nitrogens with two attached hydrogens (primary N) is 1. The molecule has 0 aliphatic carbocycles. The molecule has 0 saturated heterocycles. The Bertz CT molecular complexity index is 267. The van der Waals surface area contributed by atoms with Gasteiger partial charge in [0, 0.05) is 5.71 Å². The molecule has 14 heavy (non-hydrogen) atoms. The van der Waals surface area contributed by atoms with E-state index in [-0.39, 0.29) is 5.82 Å². The molecular weight excluding hydrogens is 180 g/mol. The van der Waals surface area contributed by atoms with Gasteiger partial charge in [0.1, 0.15) is 5.82 Å². The Hall–Kier alpha value is -1.32. The zero-order valence-electron chi connectivity index (χ0n) is 9.26. The molecule has 0 radical (unpaired) electrons. The average molecular weight is 198 g/mol. The highest BCUT2D eigenvalue weighted by Gasteiger charge is 2.07. The number of hydrogen-bond acceptors (Lipinski definition) is 4. The van der Waals surface area contributed by atoms with E-state index in [1.54, 1.807) is 6.92 Å². The van der Waals surface area contributed by atoms with Crippen LogP contribution < -0.4 is 5.73 Å². The molecule has 0 bridgehead atoms. The highest BCUT2D eigenvalue weighted by atomic mass is 16.5. The third-order valence-electron chi connectivity index (χ3n) is 1.80. The van der Waals surface area contributed by atoms with Crippen LogP contribution in [0, 0.1) is 0 Å². The molecule has 0 unspecified atom stereocenters. The molecular formula is C10H18N2O2. The summed E-state index contributed by atoms with van der Waals surface area (Å²) in [7, 11) is 1.32. The molecule has 0 aliphatic rings. The molecule has 2 N–H and O–H groups in total. The van der Waals surface area contributed by atoms with Gasteiger partial charge in [-0.3, -0.25) is 0 Å². The standard InChI is InChI=1S/C10H18N2O2/c1-5-6-7(2)12-9(11)8(3)10(13)14-4/h5-6,11H2,1-4H3/b9-8+,12-7+. The zero-order chi connectivity index (χ0) is 11.1. The summed E-state index contributed by atoms with van der Waals surface area (Å²) in [6.07, 6.45) is 1.90. The first-order chi connectivity index (χ1) is 6.52. The summed E-state index contributed by atoms with van der Waals surface area (Å²) in [5.74, 6) is -0.196. The summed E-state index contributed by atoms with van der Waals surface area (Å²) in [5.41, 5.74) is 6.89. The molecule has 0 atom stereocenters. The van der Waals surface area contributed by atoms with Crippen molar-refractivity contribution in [2.45, 2.75) is 33.6 Å². The predicted octanol–water partition coefficient (Wildman–Crippen LogP) is 1.61. The topological polar surface area (TPSA) is 64.7 Å². The largest absolute Gasteiger partial charge is 0.466 e. The third-order valence-corrected chi connectivity index (χ3v) is 1.80. The maximum absolute atomic E-state index is 11.1. The Morgan fingerprint density at radius 2 is 2.00 bits per heavy atom. The number of aliphatic imine (C=N–C) groups is 1. The van der Waals surface area contributed by atoms with E-state index in [2.05, 4.69) is 16.7 Å². The average Bonchev–Trinajstić information content (AvgIpc) is 2.15. The van der Waals surface area contributed by atoms with Crippen molar-refractivity contribution < 1.29 is 9.53 Å². The van der Waals surface area contributed by atoms with E-state index in [1.165, 1.54) is 7.11 Å². The minimum absolute atomic E-state index is 0.239. The summed E-state index contributed by atoms with van der Waals surface area (Å²) in [4.78, 5) is 15.2. The van der Waals surface area contributed by atoms with Gasteiger partial charge in [0.05, 0.1) is 12.7 Å². The van der Waals surface area contributed by atoms with Crippen LogP contribution in [0.4, 0.5) is 0 Å². The molecule has 0 rings (SSSR count). The van der Waals surface area contributed by atoms with E-state index in [9.17, 15) is 4.79 Å². The molecule has 0 saturated carbocycles. The van der Waals surface area contributed by atoms with Crippen molar-refractivity contribution in [2.24, 2.45) is 10.7 Å². The lowest BCUT2D eigenvalue weighted by Crippen LogP contribution is -2.10. The number of esters is 1. The van der Waals surface area contributed by atoms with Gasteiger partial charge >= 0.3 is 5.97 Å². The molecule has 0 aromatic heterocycles. The second kappa shape index (κ2) is 6.18. The number of nitrogens with zero attached hydrogens (tertiary/aromatic N) is 1. The van der Waals surface area contributed by atoms with Gasteiger partial charge in [0.2, 0.25) is 0 Å². The van der Waals surface area contributed by atoms with Crippen molar-refractivity contribution in [1.82, 2.24) is 0 Å². The van der Waals surface area contributed by atoms with E-state index in [0.29, 0.717) is 5.57 Å². The van der Waals surface area contributed by atoms with Crippen LogP contribution in [0.25, 0.3) is 0 Å². The number of ether oxygens (including phenoxy) is 1. The third kappa shape index (κ3) is 4.07. The summed E-state index contributed by atoms with van der Waals surface area (Å²) < 4.78 is 4.53. The van der Waals surface area contributed by atoms with Crippen LogP contribution in [0.5, 0.6) is 0 Å². The van der Waals surface area contributed by atoms with Crippen molar-refractivity contribution in [2.75, 3.05) is 7.11 Å². The minimum Gasteiger partial charge on any atom is -0.466 e. The molecule has 0 heterocycles. The monoisotopic (exact) mass is 198 g/mol. The number of carbonyl (C=O) groups is 1. The lowest BCUT2D eigenvalue weighted by atomic mass is 10.2. The van der Waals surface area contributed by atoms with Crippen LogP contribution >= 0.6 is 0 Å². The van der Waals surface area contributed by atoms with Gasteiger partial charge in [-0.15, -0.1) is 0 Å². The molecule has 0 fully saturated rings. The summed E-state index contributed by atoms with van der Waals surface area (Å²) >= 11 is 0. The van der Waals surface area contributed by atoms with Gasteiger partial charge in [0.15, 0.2) is 0 Å². The van der Waals surface area contributed by atoms with Crippen LogP contribution in [0.1, 0.15) is 33.6 Å². The zero-order valence-corrected chi connectivity index (χ0v) is 9.26. The van der Waals surface area contributed by atoms with Crippen LogP contribution in [0.15, 0.2) is 16.4 Å². The van der Waals surface area contributed by atoms with Crippen molar-refractivity contribution in [1.29, 1.82) is 0 Å². The van der Waals surface area contributed by atoms with Gasteiger partial charge in [-0.2, -0.15) is 0 Å². The summed E-state index contributed by atoms with van der Waals surface area (Å²) in [6, 6.07) is 0. The van der Waals surface area contributed by atoms with Crippen LogP contribution in [-0.4, -0.2) is 18.8 Å². The number of carbonyl (C=O) groups excluding carboxylic acids is 1. The lowest BCUT2D eigenvalue weighted by molar-refractivity contribution is -0.136. The van der Waals surface area contributed by atoms with E-state index in [1.807, 2.05) is 6.92 Å². The number of methoxy groups -OCH3 is 1. The molecule has 0 spiro atoms. The molecule has 80 valence electrons.